The van der Waals surface area contributed by atoms with Crippen LogP contribution in [0.25, 0.3) is 5.69 Å². The predicted octanol–water partition coefficient (Wildman–Crippen LogP) is 2.81. The standard InChI is InChI=1S/C18H19F3N4O3/c1-5-27-15(26)17(18(19,20)21)13-11(2)23-25(12-9-7-6-8-10-12)14(13)28-16(22-17)24(3)4/h6-10H,5H2,1-4H3. The summed E-state index contributed by atoms with van der Waals surface area (Å²) in [4.78, 5) is 17.6. The summed E-state index contributed by atoms with van der Waals surface area (Å²) < 4.78 is 54.7. The molecule has 1 atom stereocenters. The Morgan fingerprint density at radius 2 is 1.93 bits per heavy atom. The smallest absolute Gasteiger partial charge is 0.429 e. The fraction of sp³-hybridized carbons (Fsp3) is 0.389. The lowest BCUT2D eigenvalue weighted by Crippen LogP contribution is -2.53. The molecule has 0 N–H and O–H groups in total. The van der Waals surface area contributed by atoms with Crippen LogP contribution in [0.5, 0.6) is 5.88 Å². The third kappa shape index (κ3) is 2.88. The van der Waals surface area contributed by atoms with Gasteiger partial charge in [0.15, 0.2) is 0 Å². The number of fused-ring (bicyclic) bond motifs is 1. The zero-order valence-electron chi connectivity index (χ0n) is 15.7. The minimum atomic E-state index is -5.08. The van der Waals surface area contributed by atoms with Crippen LogP contribution >= 0.6 is 0 Å². The van der Waals surface area contributed by atoms with E-state index in [0.29, 0.717) is 5.69 Å². The molecule has 150 valence electrons. The summed E-state index contributed by atoms with van der Waals surface area (Å²) in [6.07, 6.45) is -5.08. The molecular weight excluding hydrogens is 377 g/mol. The van der Waals surface area contributed by atoms with Crippen molar-refractivity contribution in [3.05, 3.63) is 41.6 Å². The monoisotopic (exact) mass is 396 g/mol. The van der Waals surface area contributed by atoms with Gasteiger partial charge in [0.2, 0.25) is 5.88 Å². The van der Waals surface area contributed by atoms with Crippen molar-refractivity contribution in [2.24, 2.45) is 4.99 Å². The van der Waals surface area contributed by atoms with Crippen LogP contribution < -0.4 is 4.74 Å². The molecule has 1 aromatic carbocycles. The predicted molar refractivity (Wildman–Crippen MR) is 94.4 cm³/mol. The number of alkyl halides is 3. The molecule has 28 heavy (non-hydrogen) atoms. The Balaban J connectivity index is 2.37. The van der Waals surface area contributed by atoms with Gasteiger partial charge in [0, 0.05) is 14.1 Å². The van der Waals surface area contributed by atoms with Gasteiger partial charge in [-0.1, -0.05) is 18.2 Å². The quantitative estimate of drug-likeness (QED) is 0.747. The first-order chi connectivity index (χ1) is 13.1. The van der Waals surface area contributed by atoms with Gasteiger partial charge >= 0.3 is 12.1 Å². The van der Waals surface area contributed by atoms with Crippen molar-refractivity contribution in [1.29, 1.82) is 0 Å². The normalized spacial score (nSPS) is 18.8. The molecule has 0 saturated carbocycles. The van der Waals surface area contributed by atoms with Gasteiger partial charge in [0.1, 0.15) is 0 Å². The lowest BCUT2D eigenvalue weighted by molar-refractivity contribution is -0.209. The Labute approximate surface area is 159 Å². The number of rotatable bonds is 3. The number of esters is 1. The highest BCUT2D eigenvalue weighted by Crippen LogP contribution is 2.50. The van der Waals surface area contributed by atoms with E-state index in [2.05, 4.69) is 10.1 Å². The summed E-state index contributed by atoms with van der Waals surface area (Å²) in [6.45, 7) is 2.57. The third-order valence-electron chi connectivity index (χ3n) is 4.20. The summed E-state index contributed by atoms with van der Waals surface area (Å²) in [5.74, 6) is -1.75. The Hall–Kier alpha value is -3.04. The Morgan fingerprint density at radius 1 is 1.29 bits per heavy atom. The first kappa shape index (κ1) is 19.7. The number of aliphatic imine (C=N–C) groups is 1. The summed E-state index contributed by atoms with van der Waals surface area (Å²) in [5, 5.41) is 4.20. The number of halogens is 3. The Bertz CT molecular complexity index is 922. The molecule has 0 spiro atoms. The number of carbonyl (C=O) groups is 1. The van der Waals surface area contributed by atoms with E-state index in [1.54, 1.807) is 30.3 Å². The molecule has 1 aromatic heterocycles. The fourth-order valence-corrected chi connectivity index (χ4v) is 2.97. The first-order valence-electron chi connectivity index (χ1n) is 8.48. The molecular formula is C18H19F3N4O3. The van der Waals surface area contributed by atoms with Crippen molar-refractivity contribution in [3.8, 4) is 11.6 Å². The number of nitrogens with zero attached hydrogens (tertiary/aromatic N) is 4. The van der Waals surface area contributed by atoms with E-state index >= 15 is 0 Å². The molecule has 3 rings (SSSR count). The van der Waals surface area contributed by atoms with E-state index in [1.165, 1.54) is 37.5 Å². The maximum absolute atomic E-state index is 14.4. The molecule has 0 amide bonds. The summed E-state index contributed by atoms with van der Waals surface area (Å²) in [7, 11) is 2.93. The van der Waals surface area contributed by atoms with Crippen molar-refractivity contribution in [2.75, 3.05) is 20.7 Å². The number of carbonyl (C=O) groups excluding carboxylic acids is 1. The van der Waals surface area contributed by atoms with Crippen LogP contribution in [0.2, 0.25) is 0 Å². The molecule has 2 heterocycles. The average Bonchev–Trinajstić information content (AvgIpc) is 2.98. The molecule has 7 nitrogen and oxygen atoms in total. The zero-order chi connectivity index (χ0) is 20.7. The maximum atomic E-state index is 14.4. The molecule has 10 heteroatoms. The minimum absolute atomic E-state index is 0.0363. The Morgan fingerprint density at radius 3 is 2.46 bits per heavy atom. The maximum Gasteiger partial charge on any atom is 0.429 e. The van der Waals surface area contributed by atoms with Gasteiger partial charge in [0.05, 0.1) is 23.6 Å². The summed E-state index contributed by atoms with van der Waals surface area (Å²) in [5.41, 5.74) is -3.31. The molecule has 2 aromatic rings. The van der Waals surface area contributed by atoms with Gasteiger partial charge in [-0.3, -0.25) is 0 Å². The second kappa shape index (κ2) is 6.84. The summed E-state index contributed by atoms with van der Waals surface area (Å²) in [6, 6.07) is 8.14. The minimum Gasteiger partial charge on any atom is -0.464 e. The summed E-state index contributed by atoms with van der Waals surface area (Å²) >= 11 is 0. The molecule has 0 fully saturated rings. The highest BCUT2D eigenvalue weighted by atomic mass is 19.4. The Kier molecular flexibility index (Phi) is 4.82. The number of benzene rings is 1. The first-order valence-corrected chi connectivity index (χ1v) is 8.48. The van der Waals surface area contributed by atoms with Crippen molar-refractivity contribution >= 4 is 12.0 Å². The van der Waals surface area contributed by atoms with Gasteiger partial charge in [-0.05, 0) is 26.0 Å². The van der Waals surface area contributed by atoms with E-state index in [0.717, 1.165) is 0 Å². The lowest BCUT2D eigenvalue weighted by atomic mass is 9.89. The second-order valence-corrected chi connectivity index (χ2v) is 6.33. The molecule has 0 aliphatic carbocycles. The van der Waals surface area contributed by atoms with Gasteiger partial charge in [-0.25, -0.2) is 14.5 Å². The van der Waals surface area contributed by atoms with Crippen molar-refractivity contribution < 1.29 is 27.4 Å². The van der Waals surface area contributed by atoms with Crippen LogP contribution in [0.4, 0.5) is 13.2 Å². The molecule has 0 bridgehead atoms. The molecule has 1 unspecified atom stereocenters. The third-order valence-corrected chi connectivity index (χ3v) is 4.20. The van der Waals surface area contributed by atoms with Gasteiger partial charge < -0.3 is 14.4 Å². The van der Waals surface area contributed by atoms with Crippen LogP contribution in [-0.4, -0.2) is 53.5 Å². The number of ether oxygens (including phenoxy) is 2. The van der Waals surface area contributed by atoms with Gasteiger partial charge in [0.25, 0.3) is 11.6 Å². The van der Waals surface area contributed by atoms with Gasteiger partial charge in [-0.15, -0.1) is 0 Å². The average molecular weight is 396 g/mol. The largest absolute Gasteiger partial charge is 0.464 e. The molecule has 1 aliphatic rings. The lowest BCUT2D eigenvalue weighted by Gasteiger charge is -2.34. The highest BCUT2D eigenvalue weighted by Gasteiger charge is 2.68. The van der Waals surface area contributed by atoms with Crippen LogP contribution in [0.3, 0.4) is 0 Å². The number of para-hydroxylation sites is 1. The number of amidine groups is 1. The topological polar surface area (TPSA) is 68.9 Å². The van der Waals surface area contributed by atoms with E-state index in [4.69, 9.17) is 9.47 Å². The number of aromatic nitrogens is 2. The SMILES string of the molecule is CCOC(=O)C1(C(F)(F)F)N=C(N(C)C)Oc2c1c(C)nn2-c1ccccc1. The molecule has 0 saturated heterocycles. The van der Waals surface area contributed by atoms with Crippen LogP contribution in [0, 0.1) is 6.92 Å². The van der Waals surface area contributed by atoms with Crippen molar-refractivity contribution in [3.63, 3.8) is 0 Å². The van der Waals surface area contributed by atoms with Crippen molar-refractivity contribution in [1.82, 2.24) is 14.7 Å². The number of hydrogen-bond acceptors (Lipinski definition) is 6. The highest BCUT2D eigenvalue weighted by molar-refractivity contribution is 5.92. The van der Waals surface area contributed by atoms with E-state index in [1.807, 2.05) is 0 Å². The molecule has 1 aliphatic heterocycles. The van der Waals surface area contributed by atoms with Crippen LogP contribution in [-0.2, 0) is 15.1 Å². The zero-order valence-corrected chi connectivity index (χ0v) is 15.7. The van der Waals surface area contributed by atoms with E-state index in [-0.39, 0.29) is 24.2 Å². The van der Waals surface area contributed by atoms with E-state index < -0.39 is 23.2 Å². The molecule has 0 radical (unpaired) electrons. The number of hydrogen-bond donors (Lipinski definition) is 0. The van der Waals surface area contributed by atoms with E-state index in [9.17, 15) is 18.0 Å². The van der Waals surface area contributed by atoms with Crippen LogP contribution in [0.15, 0.2) is 35.3 Å². The second-order valence-electron chi connectivity index (χ2n) is 6.33. The van der Waals surface area contributed by atoms with Crippen molar-refractivity contribution in [2.45, 2.75) is 25.6 Å². The fourth-order valence-electron chi connectivity index (χ4n) is 2.97. The van der Waals surface area contributed by atoms with Gasteiger partial charge in [-0.2, -0.15) is 18.3 Å². The van der Waals surface area contributed by atoms with Crippen LogP contribution in [0.1, 0.15) is 18.2 Å². The number of aryl methyl sites for hydroxylation is 1.